The first-order valence-electron chi connectivity index (χ1n) is 7.55. The Morgan fingerprint density at radius 3 is 1.91 bits per heavy atom. The molecule has 22 heavy (non-hydrogen) atoms. The quantitative estimate of drug-likeness (QED) is 0.804. The second kappa shape index (κ2) is 6.16. The van der Waals surface area contributed by atoms with E-state index in [0.29, 0.717) is 0 Å². The van der Waals surface area contributed by atoms with Crippen LogP contribution in [0.2, 0.25) is 0 Å². The Labute approximate surface area is 130 Å². The smallest absolute Gasteiger partial charge is 0.241 e. The minimum atomic E-state index is -0.399. The van der Waals surface area contributed by atoms with E-state index in [4.69, 9.17) is 5.73 Å². The van der Waals surface area contributed by atoms with Gasteiger partial charge in [-0.2, -0.15) is 0 Å². The molecule has 2 aromatic rings. The molecule has 0 aliphatic heterocycles. The Bertz CT molecular complexity index is 621. The Kier molecular flexibility index (Phi) is 4.07. The van der Waals surface area contributed by atoms with Gasteiger partial charge >= 0.3 is 0 Å². The largest absolute Gasteiger partial charge is 0.366 e. The van der Waals surface area contributed by atoms with E-state index in [2.05, 4.69) is 29.6 Å². The molecular weight excluding hydrogens is 272 g/mol. The maximum Gasteiger partial charge on any atom is 0.241 e. The number of carbonyl (C=O) groups excluding carboxylic acids is 1. The normalized spacial score (nSPS) is 16.0. The van der Waals surface area contributed by atoms with Gasteiger partial charge in [-0.3, -0.25) is 10.1 Å². The van der Waals surface area contributed by atoms with Gasteiger partial charge in [0.15, 0.2) is 0 Å². The topological polar surface area (TPSA) is 55.1 Å². The molecule has 3 N–H and O–H groups in total. The van der Waals surface area contributed by atoms with Crippen LogP contribution in [0, 0.1) is 0 Å². The van der Waals surface area contributed by atoms with Crippen LogP contribution in [0.15, 0.2) is 72.8 Å². The van der Waals surface area contributed by atoms with E-state index in [-0.39, 0.29) is 11.6 Å². The van der Waals surface area contributed by atoms with E-state index in [1.165, 1.54) is 17.2 Å². The number of hydrogen-bond acceptors (Lipinski definition) is 2. The maximum atomic E-state index is 11.0. The molecule has 0 radical (unpaired) electrons. The third-order valence-corrected chi connectivity index (χ3v) is 4.05. The summed E-state index contributed by atoms with van der Waals surface area (Å²) in [7, 11) is 0. The van der Waals surface area contributed by atoms with Crippen LogP contribution in [0.3, 0.4) is 0 Å². The number of nitrogens with one attached hydrogen (secondary N) is 1. The van der Waals surface area contributed by atoms with Crippen molar-refractivity contribution in [3.63, 3.8) is 0 Å². The molecule has 0 spiro atoms. The van der Waals surface area contributed by atoms with Crippen molar-refractivity contribution in [2.75, 3.05) is 0 Å². The predicted octanol–water partition coefficient (Wildman–Crippen LogP) is 2.94. The van der Waals surface area contributed by atoms with Crippen molar-refractivity contribution in [2.24, 2.45) is 5.73 Å². The van der Waals surface area contributed by atoms with Crippen LogP contribution in [0.5, 0.6) is 0 Å². The molecule has 2 aromatic carbocycles. The highest BCUT2D eigenvalue weighted by molar-refractivity contribution is 5.86. The zero-order valence-corrected chi connectivity index (χ0v) is 12.4. The maximum absolute atomic E-state index is 11.0. The summed E-state index contributed by atoms with van der Waals surface area (Å²) in [5, 5.41) is 3.70. The SMILES string of the molecule is NC(=O)C=CC1(NC(c2ccccc2)c2ccccc2)CC1. The van der Waals surface area contributed by atoms with Crippen molar-refractivity contribution in [3.8, 4) is 0 Å². The van der Waals surface area contributed by atoms with Gasteiger partial charge in [0.25, 0.3) is 0 Å². The van der Waals surface area contributed by atoms with Crippen molar-refractivity contribution in [3.05, 3.63) is 83.9 Å². The first-order valence-corrected chi connectivity index (χ1v) is 7.55. The summed E-state index contributed by atoms with van der Waals surface area (Å²) in [5.74, 6) is -0.399. The van der Waals surface area contributed by atoms with E-state index in [1.54, 1.807) is 0 Å². The number of nitrogens with two attached hydrogens (primary N) is 1. The first kappa shape index (κ1) is 14.5. The molecule has 1 saturated carbocycles. The molecule has 0 atom stereocenters. The molecule has 0 bridgehead atoms. The van der Waals surface area contributed by atoms with Gasteiger partial charge in [0.05, 0.1) is 6.04 Å². The van der Waals surface area contributed by atoms with Gasteiger partial charge in [-0.25, -0.2) is 0 Å². The van der Waals surface area contributed by atoms with Crippen molar-refractivity contribution < 1.29 is 4.79 Å². The van der Waals surface area contributed by atoms with Gasteiger partial charge < -0.3 is 5.73 Å². The highest BCUT2D eigenvalue weighted by Crippen LogP contribution is 2.40. The van der Waals surface area contributed by atoms with E-state index in [0.717, 1.165) is 12.8 Å². The number of primary amides is 1. The Morgan fingerprint density at radius 1 is 1.00 bits per heavy atom. The molecule has 0 unspecified atom stereocenters. The minimum Gasteiger partial charge on any atom is -0.366 e. The molecular formula is C19H20N2O. The van der Waals surface area contributed by atoms with Crippen molar-refractivity contribution in [1.29, 1.82) is 0 Å². The van der Waals surface area contributed by atoms with Gasteiger partial charge in [-0.05, 0) is 24.0 Å². The molecule has 0 aromatic heterocycles. The fraction of sp³-hybridized carbons (Fsp3) is 0.211. The lowest BCUT2D eigenvalue weighted by molar-refractivity contribution is -0.113. The standard InChI is InChI=1S/C19H20N2O/c20-17(22)11-12-19(13-14-19)21-18(15-7-3-1-4-8-15)16-9-5-2-6-10-16/h1-12,18,21H,13-14H2,(H2,20,22). The average molecular weight is 292 g/mol. The lowest BCUT2D eigenvalue weighted by Gasteiger charge is -2.24. The zero-order valence-electron chi connectivity index (χ0n) is 12.4. The Morgan fingerprint density at radius 2 is 1.50 bits per heavy atom. The van der Waals surface area contributed by atoms with Gasteiger partial charge in [0, 0.05) is 11.6 Å². The Hall–Kier alpha value is -2.39. The van der Waals surface area contributed by atoms with Crippen molar-refractivity contribution in [1.82, 2.24) is 5.32 Å². The van der Waals surface area contributed by atoms with E-state index in [1.807, 2.05) is 42.5 Å². The van der Waals surface area contributed by atoms with Crippen molar-refractivity contribution >= 4 is 5.91 Å². The average Bonchev–Trinajstić information content (AvgIpc) is 3.33. The van der Waals surface area contributed by atoms with Gasteiger partial charge in [-0.15, -0.1) is 0 Å². The molecule has 0 heterocycles. The van der Waals surface area contributed by atoms with Gasteiger partial charge in [0.1, 0.15) is 0 Å². The highest BCUT2D eigenvalue weighted by atomic mass is 16.1. The van der Waals surface area contributed by atoms with Gasteiger partial charge in [0.2, 0.25) is 5.91 Å². The second-order valence-electron chi connectivity index (χ2n) is 5.79. The molecule has 1 aliphatic rings. The molecule has 3 heteroatoms. The number of rotatable bonds is 6. The molecule has 1 fully saturated rings. The molecule has 3 rings (SSSR count). The molecule has 1 aliphatic carbocycles. The summed E-state index contributed by atoms with van der Waals surface area (Å²) in [6.07, 6.45) is 5.42. The highest BCUT2D eigenvalue weighted by Gasteiger charge is 2.42. The fourth-order valence-electron chi connectivity index (χ4n) is 2.67. The fourth-order valence-corrected chi connectivity index (χ4v) is 2.67. The monoisotopic (exact) mass is 292 g/mol. The van der Waals surface area contributed by atoms with Gasteiger partial charge in [-0.1, -0.05) is 66.7 Å². The third kappa shape index (κ3) is 3.43. The molecule has 112 valence electrons. The van der Waals surface area contributed by atoms with E-state index < -0.39 is 5.91 Å². The minimum absolute atomic E-state index is 0.0995. The summed E-state index contributed by atoms with van der Waals surface area (Å²) in [6.45, 7) is 0. The second-order valence-corrected chi connectivity index (χ2v) is 5.79. The van der Waals surface area contributed by atoms with E-state index in [9.17, 15) is 4.79 Å². The van der Waals surface area contributed by atoms with Crippen LogP contribution in [0.25, 0.3) is 0 Å². The zero-order chi connectivity index (χ0) is 15.4. The Balaban J connectivity index is 1.89. The summed E-state index contributed by atoms with van der Waals surface area (Å²) in [6, 6.07) is 20.8. The van der Waals surface area contributed by atoms with Crippen LogP contribution in [0.1, 0.15) is 30.0 Å². The lowest BCUT2D eigenvalue weighted by atomic mass is 9.97. The first-order chi connectivity index (χ1) is 10.7. The number of carbonyl (C=O) groups is 1. The summed E-state index contributed by atoms with van der Waals surface area (Å²) in [4.78, 5) is 11.0. The molecule has 3 nitrogen and oxygen atoms in total. The summed E-state index contributed by atoms with van der Waals surface area (Å²) in [5.41, 5.74) is 7.54. The van der Waals surface area contributed by atoms with Crippen LogP contribution >= 0.6 is 0 Å². The predicted molar refractivity (Wildman–Crippen MR) is 88.2 cm³/mol. The lowest BCUT2D eigenvalue weighted by Crippen LogP contribution is -2.34. The van der Waals surface area contributed by atoms with E-state index >= 15 is 0 Å². The summed E-state index contributed by atoms with van der Waals surface area (Å²) < 4.78 is 0. The van der Waals surface area contributed by atoms with Crippen LogP contribution < -0.4 is 11.1 Å². The summed E-state index contributed by atoms with van der Waals surface area (Å²) >= 11 is 0. The number of hydrogen-bond donors (Lipinski definition) is 2. The number of amides is 1. The number of benzene rings is 2. The van der Waals surface area contributed by atoms with Crippen LogP contribution in [0.4, 0.5) is 0 Å². The molecule has 1 amide bonds. The molecule has 0 saturated heterocycles. The third-order valence-electron chi connectivity index (χ3n) is 4.05. The van der Waals surface area contributed by atoms with Crippen molar-refractivity contribution in [2.45, 2.75) is 24.4 Å². The van der Waals surface area contributed by atoms with Crippen LogP contribution in [-0.4, -0.2) is 11.4 Å². The van der Waals surface area contributed by atoms with Crippen LogP contribution in [-0.2, 0) is 4.79 Å².